The van der Waals surface area contributed by atoms with Gasteiger partial charge in [-0.1, -0.05) is 22.0 Å². The number of benzene rings is 1. The van der Waals surface area contributed by atoms with Crippen LogP contribution in [-0.2, 0) is 4.74 Å². The van der Waals surface area contributed by atoms with E-state index < -0.39 is 0 Å². The largest absolute Gasteiger partial charge is 0.396 e. The molecule has 0 radical (unpaired) electrons. The molecule has 0 saturated carbocycles. The maximum Gasteiger partial charge on any atom is 0.130 e. The lowest BCUT2D eigenvalue weighted by atomic mass is 9.96. The molecule has 4 heteroatoms. The van der Waals surface area contributed by atoms with Crippen LogP contribution < -0.4 is 0 Å². The molecule has 0 aromatic heterocycles. The van der Waals surface area contributed by atoms with Gasteiger partial charge in [-0.2, -0.15) is 0 Å². The first-order chi connectivity index (χ1) is 7.22. The van der Waals surface area contributed by atoms with E-state index in [1.54, 1.807) is 12.1 Å². The van der Waals surface area contributed by atoms with Gasteiger partial charge in [-0.05, 0) is 18.6 Å². The summed E-state index contributed by atoms with van der Waals surface area (Å²) >= 11 is 3.21. The van der Waals surface area contributed by atoms with Gasteiger partial charge in [0.25, 0.3) is 0 Å². The standard InChI is InChI=1S/C11H12BrFO2/c12-8-1-2-9(10(13)5-8)11-7(6-14)3-4-15-11/h1-2,5,7,11,14H,3-4,6H2. The summed E-state index contributed by atoms with van der Waals surface area (Å²) in [5.41, 5.74) is 0.537. The summed E-state index contributed by atoms with van der Waals surface area (Å²) in [6.07, 6.45) is 0.486. The average Bonchev–Trinajstić information content (AvgIpc) is 2.65. The van der Waals surface area contributed by atoms with Gasteiger partial charge in [-0.15, -0.1) is 0 Å². The summed E-state index contributed by atoms with van der Waals surface area (Å²) in [5.74, 6) is -0.268. The van der Waals surface area contributed by atoms with Crippen LogP contribution in [-0.4, -0.2) is 18.3 Å². The maximum absolute atomic E-state index is 13.6. The Morgan fingerprint density at radius 1 is 1.53 bits per heavy atom. The van der Waals surface area contributed by atoms with Gasteiger partial charge >= 0.3 is 0 Å². The number of rotatable bonds is 2. The second kappa shape index (κ2) is 4.60. The molecule has 0 aliphatic carbocycles. The van der Waals surface area contributed by atoms with E-state index in [2.05, 4.69) is 15.9 Å². The highest BCUT2D eigenvalue weighted by Gasteiger charge is 2.30. The highest BCUT2D eigenvalue weighted by molar-refractivity contribution is 9.10. The van der Waals surface area contributed by atoms with Crippen LogP contribution in [0, 0.1) is 11.7 Å². The van der Waals surface area contributed by atoms with Gasteiger partial charge in [-0.3, -0.25) is 0 Å². The Kier molecular flexibility index (Phi) is 3.38. The molecule has 0 spiro atoms. The summed E-state index contributed by atoms with van der Waals surface area (Å²) in [6, 6.07) is 4.91. The molecule has 0 bridgehead atoms. The smallest absolute Gasteiger partial charge is 0.130 e. The first-order valence-electron chi connectivity index (χ1n) is 4.90. The van der Waals surface area contributed by atoms with E-state index in [0.717, 1.165) is 6.42 Å². The van der Waals surface area contributed by atoms with Gasteiger partial charge in [0.15, 0.2) is 0 Å². The number of aliphatic hydroxyl groups excluding tert-OH is 1. The fourth-order valence-electron chi connectivity index (χ4n) is 1.90. The highest BCUT2D eigenvalue weighted by Crippen LogP contribution is 2.35. The quantitative estimate of drug-likeness (QED) is 0.899. The first kappa shape index (κ1) is 11.0. The Labute approximate surface area is 96.2 Å². The second-order valence-corrected chi connectivity index (χ2v) is 4.60. The van der Waals surface area contributed by atoms with Crippen molar-refractivity contribution in [2.75, 3.05) is 13.2 Å². The zero-order chi connectivity index (χ0) is 10.8. The lowest BCUT2D eigenvalue weighted by Crippen LogP contribution is -2.12. The summed E-state index contributed by atoms with van der Waals surface area (Å²) in [6.45, 7) is 0.631. The molecule has 15 heavy (non-hydrogen) atoms. The Morgan fingerprint density at radius 2 is 2.33 bits per heavy atom. The van der Waals surface area contributed by atoms with Crippen LogP contribution in [0.2, 0.25) is 0 Å². The minimum atomic E-state index is -0.303. The third kappa shape index (κ3) is 2.22. The Morgan fingerprint density at radius 3 is 3.00 bits per heavy atom. The lowest BCUT2D eigenvalue weighted by molar-refractivity contribution is 0.0693. The van der Waals surface area contributed by atoms with Gasteiger partial charge in [0.05, 0.1) is 6.10 Å². The van der Waals surface area contributed by atoms with Crippen molar-refractivity contribution in [2.45, 2.75) is 12.5 Å². The van der Waals surface area contributed by atoms with Crippen molar-refractivity contribution in [1.82, 2.24) is 0 Å². The van der Waals surface area contributed by atoms with Gasteiger partial charge in [0.2, 0.25) is 0 Å². The molecule has 1 fully saturated rings. The van der Waals surface area contributed by atoms with E-state index in [4.69, 9.17) is 9.84 Å². The summed E-state index contributed by atoms with van der Waals surface area (Å²) in [5, 5.41) is 9.13. The number of aliphatic hydroxyl groups is 1. The monoisotopic (exact) mass is 274 g/mol. The van der Waals surface area contributed by atoms with Crippen LogP contribution in [0.25, 0.3) is 0 Å². The topological polar surface area (TPSA) is 29.5 Å². The van der Waals surface area contributed by atoms with Crippen molar-refractivity contribution in [3.63, 3.8) is 0 Å². The molecule has 2 nitrogen and oxygen atoms in total. The highest BCUT2D eigenvalue weighted by atomic mass is 79.9. The van der Waals surface area contributed by atoms with Gasteiger partial charge < -0.3 is 9.84 Å². The zero-order valence-electron chi connectivity index (χ0n) is 8.12. The molecule has 82 valence electrons. The van der Waals surface area contributed by atoms with Crippen LogP contribution in [0.3, 0.4) is 0 Å². The molecule has 2 atom stereocenters. The third-order valence-corrected chi connectivity index (χ3v) is 3.21. The van der Waals surface area contributed by atoms with Crippen LogP contribution >= 0.6 is 15.9 Å². The van der Waals surface area contributed by atoms with E-state index in [-0.39, 0.29) is 24.4 Å². The Balaban J connectivity index is 2.28. The number of ether oxygens (including phenoxy) is 1. The summed E-state index contributed by atoms with van der Waals surface area (Å²) < 4.78 is 19.8. The lowest BCUT2D eigenvalue weighted by Gasteiger charge is -2.17. The summed E-state index contributed by atoms with van der Waals surface area (Å²) in [7, 11) is 0. The number of halogens is 2. The van der Waals surface area contributed by atoms with E-state index in [9.17, 15) is 4.39 Å². The average molecular weight is 275 g/mol. The Hall–Kier alpha value is -0.450. The molecule has 1 aliphatic rings. The number of hydrogen-bond acceptors (Lipinski definition) is 2. The maximum atomic E-state index is 13.6. The minimum absolute atomic E-state index is 0.0145. The van der Waals surface area contributed by atoms with Gasteiger partial charge in [0, 0.05) is 29.2 Å². The summed E-state index contributed by atoms with van der Waals surface area (Å²) in [4.78, 5) is 0. The molecule has 1 aliphatic heterocycles. The van der Waals surface area contributed by atoms with E-state index >= 15 is 0 Å². The van der Waals surface area contributed by atoms with E-state index in [0.29, 0.717) is 16.6 Å². The molecular formula is C11H12BrFO2. The first-order valence-corrected chi connectivity index (χ1v) is 5.69. The fraction of sp³-hybridized carbons (Fsp3) is 0.455. The minimum Gasteiger partial charge on any atom is -0.396 e. The van der Waals surface area contributed by atoms with Crippen LogP contribution in [0.4, 0.5) is 4.39 Å². The predicted molar refractivity (Wildman–Crippen MR) is 58.0 cm³/mol. The molecule has 2 unspecified atom stereocenters. The molecule has 2 rings (SSSR count). The second-order valence-electron chi connectivity index (χ2n) is 3.69. The third-order valence-electron chi connectivity index (χ3n) is 2.72. The predicted octanol–water partition coefficient (Wildman–Crippen LogP) is 2.66. The SMILES string of the molecule is OCC1CCOC1c1ccc(Br)cc1F. The van der Waals surface area contributed by atoms with Crippen molar-refractivity contribution in [3.05, 3.63) is 34.1 Å². The Bertz CT molecular complexity index is 356. The number of hydrogen-bond donors (Lipinski definition) is 1. The van der Waals surface area contributed by atoms with Crippen molar-refractivity contribution < 1.29 is 14.2 Å². The van der Waals surface area contributed by atoms with Gasteiger partial charge in [0.1, 0.15) is 5.82 Å². The molecule has 1 aromatic carbocycles. The molecule has 0 amide bonds. The van der Waals surface area contributed by atoms with Crippen molar-refractivity contribution >= 4 is 15.9 Å². The van der Waals surface area contributed by atoms with E-state index in [1.807, 2.05) is 0 Å². The van der Waals surface area contributed by atoms with E-state index in [1.165, 1.54) is 6.07 Å². The molecular weight excluding hydrogens is 263 g/mol. The zero-order valence-corrected chi connectivity index (χ0v) is 9.71. The van der Waals surface area contributed by atoms with Crippen LogP contribution in [0.5, 0.6) is 0 Å². The van der Waals surface area contributed by atoms with Crippen LogP contribution in [0.15, 0.2) is 22.7 Å². The van der Waals surface area contributed by atoms with Crippen molar-refractivity contribution in [3.8, 4) is 0 Å². The fourth-order valence-corrected chi connectivity index (χ4v) is 2.23. The molecule has 1 aromatic rings. The molecule has 1 N–H and O–H groups in total. The molecule has 1 saturated heterocycles. The normalized spacial score (nSPS) is 25.8. The van der Waals surface area contributed by atoms with Crippen molar-refractivity contribution in [1.29, 1.82) is 0 Å². The van der Waals surface area contributed by atoms with Gasteiger partial charge in [-0.25, -0.2) is 4.39 Å². The molecule has 1 heterocycles. The van der Waals surface area contributed by atoms with Crippen molar-refractivity contribution in [2.24, 2.45) is 5.92 Å². The van der Waals surface area contributed by atoms with Crippen LogP contribution in [0.1, 0.15) is 18.1 Å².